The number of carboxylic acid groups (broad SMARTS) is 1. The number of nitrogens with one attached hydrogen (secondary N) is 2. The number of hydrogen-bond donors (Lipinski definition) is 3. The van der Waals surface area contributed by atoms with Crippen molar-refractivity contribution in [2.24, 2.45) is 17.8 Å². The van der Waals surface area contributed by atoms with Crippen LogP contribution in [0.1, 0.15) is 99.8 Å². The number of pyridine rings is 1. The fraction of sp³-hybridized carbons (Fsp3) is 0.634. The summed E-state index contributed by atoms with van der Waals surface area (Å²) in [4.78, 5) is 62.1. The van der Waals surface area contributed by atoms with Gasteiger partial charge in [0.2, 0.25) is 21.8 Å². The number of hydrogen-bond acceptors (Lipinski definition) is 9. The molecule has 4 amide bonds. The van der Waals surface area contributed by atoms with Crippen molar-refractivity contribution in [1.29, 1.82) is 0 Å². The number of alkyl halides is 2. The minimum absolute atomic E-state index is 0.0176. The molecule has 0 bridgehead atoms. The second-order valence-corrected chi connectivity index (χ2v) is 19.3. The van der Waals surface area contributed by atoms with Crippen LogP contribution in [0.3, 0.4) is 0 Å². The maximum Gasteiger partial charge on any atom is 0.408 e. The summed E-state index contributed by atoms with van der Waals surface area (Å²) in [5.74, 6) is -4.82. The van der Waals surface area contributed by atoms with Crippen molar-refractivity contribution >= 4 is 44.6 Å². The van der Waals surface area contributed by atoms with Gasteiger partial charge in [0.15, 0.2) is 5.60 Å². The number of benzene rings is 1. The van der Waals surface area contributed by atoms with E-state index in [9.17, 15) is 27.9 Å². The van der Waals surface area contributed by atoms with Gasteiger partial charge in [0.25, 0.3) is 11.8 Å². The maximum absolute atomic E-state index is 17.6. The van der Waals surface area contributed by atoms with Gasteiger partial charge in [0, 0.05) is 29.2 Å². The molecule has 0 spiro atoms. The first-order chi connectivity index (χ1) is 27.2. The number of rotatable bonds is 10. The van der Waals surface area contributed by atoms with Crippen LogP contribution in [-0.2, 0) is 24.4 Å². The number of halogens is 2. The molecule has 3 heterocycles. The van der Waals surface area contributed by atoms with Crippen LogP contribution in [0.4, 0.5) is 13.6 Å². The summed E-state index contributed by atoms with van der Waals surface area (Å²) < 4.78 is 74.6. The highest BCUT2D eigenvalue weighted by Gasteiger charge is 2.71. The Balaban J connectivity index is 1.48. The molecule has 3 fully saturated rings. The van der Waals surface area contributed by atoms with Crippen molar-refractivity contribution in [2.75, 3.05) is 6.61 Å². The third-order valence-electron chi connectivity index (χ3n) is 12.7. The summed E-state index contributed by atoms with van der Waals surface area (Å²) in [7, 11) is -4.16. The van der Waals surface area contributed by atoms with E-state index in [4.69, 9.17) is 9.47 Å². The molecule has 1 aromatic carbocycles. The highest BCUT2D eigenvalue weighted by Crippen LogP contribution is 2.51. The number of nitrogens with zero attached hydrogens (tertiary/aromatic N) is 3. The Labute approximate surface area is 338 Å². The summed E-state index contributed by atoms with van der Waals surface area (Å²) >= 11 is 0. The van der Waals surface area contributed by atoms with Gasteiger partial charge in [-0.2, -0.15) is 8.78 Å². The fourth-order valence-electron chi connectivity index (χ4n) is 8.49. The molecule has 8 atom stereocenters. The molecule has 318 valence electrons. The molecule has 1 aromatic heterocycles. The molecule has 2 aromatic rings. The average molecular weight is 832 g/mol. The molecule has 2 saturated carbocycles. The molecule has 6 rings (SSSR count). The third kappa shape index (κ3) is 7.58. The van der Waals surface area contributed by atoms with Crippen molar-refractivity contribution in [3.63, 3.8) is 0 Å². The number of carbonyl (C=O) groups is 4. The lowest BCUT2D eigenvalue weighted by Crippen LogP contribution is -2.64. The Morgan fingerprint density at radius 2 is 1.79 bits per heavy atom. The number of amides is 4. The zero-order chi connectivity index (χ0) is 42.6. The van der Waals surface area contributed by atoms with E-state index in [0.717, 1.165) is 11.8 Å². The zero-order valence-electron chi connectivity index (χ0n) is 34.1. The first-order valence-corrected chi connectivity index (χ1v) is 21.6. The lowest BCUT2D eigenvalue weighted by atomic mass is 9.86. The van der Waals surface area contributed by atoms with E-state index in [1.165, 1.54) is 13.1 Å². The smallest absolute Gasteiger partial charge is 0.408 e. The van der Waals surface area contributed by atoms with Crippen LogP contribution < -0.4 is 19.5 Å². The van der Waals surface area contributed by atoms with Gasteiger partial charge in [-0.05, 0) is 90.5 Å². The zero-order valence-corrected chi connectivity index (χ0v) is 34.9. The van der Waals surface area contributed by atoms with Gasteiger partial charge in [-0.25, -0.2) is 18.2 Å². The summed E-state index contributed by atoms with van der Waals surface area (Å²) in [5.41, 5.74) is -4.46. The highest BCUT2D eigenvalue weighted by molar-refractivity contribution is 7.91. The van der Waals surface area contributed by atoms with Gasteiger partial charge >= 0.3 is 12.1 Å². The summed E-state index contributed by atoms with van der Waals surface area (Å²) in [6.45, 7) is 11.5. The molecule has 58 heavy (non-hydrogen) atoms. The van der Waals surface area contributed by atoms with Gasteiger partial charge < -0.3 is 19.9 Å². The lowest BCUT2D eigenvalue weighted by Gasteiger charge is -2.42. The molecule has 14 nitrogen and oxygen atoms in total. The van der Waals surface area contributed by atoms with Crippen molar-refractivity contribution < 1.29 is 51.0 Å². The molecule has 1 saturated heterocycles. The van der Waals surface area contributed by atoms with Crippen LogP contribution in [0.25, 0.3) is 10.8 Å². The highest BCUT2D eigenvalue weighted by atomic mass is 32.2. The topological polar surface area (TPSA) is 185 Å². The van der Waals surface area contributed by atoms with Crippen LogP contribution in [0.2, 0.25) is 0 Å². The van der Waals surface area contributed by atoms with Crippen molar-refractivity contribution in [3.8, 4) is 11.6 Å². The van der Waals surface area contributed by atoms with Crippen LogP contribution in [0, 0.1) is 17.8 Å². The van der Waals surface area contributed by atoms with Gasteiger partial charge in [-0.3, -0.25) is 28.9 Å². The van der Waals surface area contributed by atoms with Crippen LogP contribution in [0.5, 0.6) is 11.6 Å². The largest absolute Gasteiger partial charge is 0.492 e. The van der Waals surface area contributed by atoms with Gasteiger partial charge in [0.1, 0.15) is 23.4 Å². The van der Waals surface area contributed by atoms with Gasteiger partial charge in [-0.1, -0.05) is 51.1 Å². The van der Waals surface area contributed by atoms with Crippen LogP contribution in [-0.4, -0.2) is 98.8 Å². The van der Waals surface area contributed by atoms with Gasteiger partial charge in [-0.15, -0.1) is 0 Å². The van der Waals surface area contributed by atoms with Crippen LogP contribution in [0.15, 0.2) is 42.6 Å². The quantitative estimate of drug-likeness (QED) is 0.190. The van der Waals surface area contributed by atoms with Gasteiger partial charge in [0.05, 0.1) is 17.6 Å². The predicted octanol–water partition coefficient (Wildman–Crippen LogP) is 6.00. The van der Waals surface area contributed by atoms with Crippen LogP contribution >= 0.6 is 0 Å². The van der Waals surface area contributed by atoms with E-state index in [1.807, 2.05) is 13.0 Å². The van der Waals surface area contributed by atoms with Crippen molar-refractivity contribution in [3.05, 3.63) is 42.6 Å². The first-order valence-electron chi connectivity index (χ1n) is 20.1. The molecule has 2 aliphatic heterocycles. The molecule has 17 heteroatoms. The minimum Gasteiger partial charge on any atom is -0.492 e. The Kier molecular flexibility index (Phi) is 11.6. The number of ether oxygens (including phenoxy) is 2. The fourth-order valence-corrected chi connectivity index (χ4v) is 9.80. The second kappa shape index (κ2) is 15.6. The molecule has 2 aliphatic carbocycles. The number of fused-ring (bicyclic) bond motifs is 3. The van der Waals surface area contributed by atoms with E-state index in [2.05, 4.69) is 15.0 Å². The number of carbonyl (C=O) groups excluding carboxylic acids is 3. The SMILES string of the molecule is CCOc1cnc(O[C@]2(C)C[C@H]3C(=O)N[C@]4(C(=O)NS(=O)(=O)C5(C)CC5)C[C@H]4/C=C\CC[C@H](C)C[C@@H](C)[C@H](N(C(=O)O)C(C)CC)C(=O)N3C2(F)F)c2ccccc12. The molecule has 4 aliphatic rings. The Morgan fingerprint density at radius 3 is 2.41 bits per heavy atom. The van der Waals surface area contributed by atoms with Crippen molar-refractivity contribution in [1.82, 2.24) is 24.8 Å². The van der Waals surface area contributed by atoms with E-state index >= 15 is 13.6 Å². The average Bonchev–Trinajstić information content (AvgIpc) is 4.07. The minimum atomic E-state index is -4.27. The second-order valence-electron chi connectivity index (χ2n) is 17.1. The van der Waals surface area contributed by atoms with E-state index in [-0.39, 0.29) is 29.5 Å². The predicted molar refractivity (Wildman–Crippen MR) is 211 cm³/mol. The standard InChI is InChI=1S/C41H55F2N5O9S/c1-8-26(5)47(37(52)53)32-25(4)20-24(3)14-10-11-15-27-21-40(27,36(51)46-58(54,55)38(6)18-19-38)45-33(49)30-22-39(7,41(42,43)48(30)35(32)50)57-34-29-17-13-12-16-28(29)31(23-44-34)56-9-2/h11-13,15-17,23-27,30,32H,8-10,14,18-22H2,1-7H3,(H,45,49)(H,46,51)(H,52,53)/b15-11-/t24-,25+,26?,27+,30-,32-,39+,40+/m0/s1. The van der Waals surface area contributed by atoms with E-state index < -0.39 is 92.2 Å². The summed E-state index contributed by atoms with van der Waals surface area (Å²) in [5, 5.41) is 14.0. The first kappa shape index (κ1) is 43.0. The monoisotopic (exact) mass is 831 g/mol. The molecule has 1 unspecified atom stereocenters. The number of sulfonamides is 1. The Bertz CT molecular complexity index is 2100. The molecular weight excluding hydrogens is 777 g/mol. The molecule has 3 N–H and O–H groups in total. The van der Waals surface area contributed by atoms with E-state index in [1.54, 1.807) is 58.0 Å². The summed E-state index contributed by atoms with van der Waals surface area (Å²) in [6, 6.07) is -1.96. The molecule has 0 radical (unpaired) electrons. The normalized spacial score (nSPS) is 31.7. The van der Waals surface area contributed by atoms with E-state index in [0.29, 0.717) is 55.2 Å². The maximum atomic E-state index is 17.6. The lowest BCUT2D eigenvalue weighted by molar-refractivity contribution is -0.219. The summed E-state index contributed by atoms with van der Waals surface area (Å²) in [6.07, 6.45) is 4.94. The molecular formula is C41H55F2N5O9S. The Morgan fingerprint density at radius 1 is 1.12 bits per heavy atom. The Hall–Kier alpha value is -4.54. The number of allylic oxidation sites excluding steroid dienone is 1. The third-order valence-corrected chi connectivity index (χ3v) is 14.8. The van der Waals surface area contributed by atoms with Crippen molar-refractivity contribution in [2.45, 2.75) is 140 Å². The number of aromatic nitrogens is 1.